The minimum atomic E-state index is -0.539. The third-order valence-corrected chi connectivity index (χ3v) is 3.92. The van der Waals surface area contributed by atoms with Gasteiger partial charge < -0.3 is 0 Å². The van der Waals surface area contributed by atoms with Crippen LogP contribution in [-0.4, -0.2) is 24.1 Å². The van der Waals surface area contributed by atoms with Crippen molar-refractivity contribution >= 4 is 11.9 Å². The maximum absolute atomic E-state index is 11.9. The fourth-order valence-corrected chi connectivity index (χ4v) is 2.27. The van der Waals surface area contributed by atoms with Gasteiger partial charge in [0.2, 0.25) is 0 Å². The number of carbonyl (C=O) groups excluding carboxylic acids is 2. The molecule has 0 aromatic heterocycles. The summed E-state index contributed by atoms with van der Waals surface area (Å²) in [5.41, 5.74) is 0.851. The lowest BCUT2D eigenvalue weighted by molar-refractivity contribution is -0.287. The lowest BCUT2D eigenvalue weighted by atomic mass is 10.1. The number of carbonyl (C=O) groups is 2. The van der Waals surface area contributed by atoms with E-state index in [9.17, 15) is 9.59 Å². The fraction of sp³-hybridized carbons (Fsp3) is 0.333. The molecule has 2 atom stereocenters. The molecule has 0 N–H and O–H groups in total. The van der Waals surface area contributed by atoms with E-state index >= 15 is 0 Å². The Labute approximate surface area is 158 Å². The Hall–Kier alpha value is -2.70. The number of hydrogen-bond acceptors (Lipinski definition) is 6. The summed E-state index contributed by atoms with van der Waals surface area (Å²) in [5, 5.41) is 0. The number of benzene rings is 2. The van der Waals surface area contributed by atoms with E-state index in [-0.39, 0.29) is 12.2 Å². The van der Waals surface area contributed by atoms with Crippen LogP contribution in [-0.2, 0) is 19.6 Å². The summed E-state index contributed by atoms with van der Waals surface area (Å²) < 4.78 is 0. The van der Waals surface area contributed by atoms with E-state index in [2.05, 4.69) is 0 Å². The average molecular weight is 372 g/mol. The zero-order chi connectivity index (χ0) is 19.5. The zero-order valence-electron chi connectivity index (χ0n) is 15.5. The van der Waals surface area contributed by atoms with Crippen molar-refractivity contribution in [2.24, 2.45) is 0 Å². The van der Waals surface area contributed by atoms with Gasteiger partial charge in [0.25, 0.3) is 0 Å². The average Bonchev–Trinajstić information content (AvgIpc) is 2.73. The Kier molecular flexibility index (Phi) is 8.48. The van der Waals surface area contributed by atoms with Crippen LogP contribution < -0.4 is 0 Å². The van der Waals surface area contributed by atoms with Gasteiger partial charge in [0.1, 0.15) is 12.2 Å². The van der Waals surface area contributed by atoms with E-state index in [1.165, 1.54) is 0 Å². The summed E-state index contributed by atoms with van der Waals surface area (Å²) in [7, 11) is 0. The Morgan fingerprint density at radius 3 is 1.74 bits per heavy atom. The molecule has 0 fully saturated rings. The fourth-order valence-electron chi connectivity index (χ4n) is 2.27. The highest BCUT2D eigenvalue weighted by Gasteiger charge is 2.16. The van der Waals surface area contributed by atoms with E-state index < -0.39 is 11.9 Å². The van der Waals surface area contributed by atoms with Crippen molar-refractivity contribution in [3.05, 3.63) is 71.8 Å². The molecule has 0 saturated carbocycles. The highest BCUT2D eigenvalue weighted by Crippen LogP contribution is 2.13. The van der Waals surface area contributed by atoms with Gasteiger partial charge in [-0.05, 0) is 50.5 Å². The van der Waals surface area contributed by atoms with Crippen LogP contribution >= 0.6 is 0 Å². The van der Waals surface area contributed by atoms with Crippen LogP contribution in [0.25, 0.3) is 0 Å². The van der Waals surface area contributed by atoms with Crippen LogP contribution in [0, 0.1) is 0 Å². The number of hydrogen-bond donors (Lipinski definition) is 0. The lowest BCUT2D eigenvalue weighted by Gasteiger charge is -2.16. The first-order chi connectivity index (χ1) is 13.1. The second-order valence-electron chi connectivity index (χ2n) is 6.08. The highest BCUT2D eigenvalue weighted by molar-refractivity contribution is 5.89. The molecule has 0 bridgehead atoms. The summed E-state index contributed by atoms with van der Waals surface area (Å²) in [6, 6.07) is 17.3. The molecular weight excluding hydrogens is 348 g/mol. The van der Waals surface area contributed by atoms with Gasteiger partial charge in [-0.25, -0.2) is 9.59 Å². The smallest absolute Gasteiger partial charge is 0.293 e. The molecule has 0 amide bonds. The van der Waals surface area contributed by atoms with Crippen molar-refractivity contribution in [3.8, 4) is 0 Å². The van der Waals surface area contributed by atoms with Gasteiger partial charge in [0, 0.05) is 0 Å². The summed E-state index contributed by atoms with van der Waals surface area (Å²) >= 11 is 0. The monoisotopic (exact) mass is 372 g/mol. The third kappa shape index (κ3) is 7.21. The molecule has 0 saturated heterocycles. The van der Waals surface area contributed by atoms with Crippen molar-refractivity contribution in [2.45, 2.75) is 45.3 Å². The predicted octanol–water partition coefficient (Wildman–Crippen LogP) is 4.51. The maximum Gasteiger partial charge on any atom is 0.373 e. The Bertz CT molecular complexity index is 701. The van der Waals surface area contributed by atoms with Crippen LogP contribution in [0.3, 0.4) is 0 Å². The first-order valence-electron chi connectivity index (χ1n) is 8.95. The van der Waals surface area contributed by atoms with Crippen molar-refractivity contribution in [3.63, 3.8) is 0 Å². The Morgan fingerprint density at radius 1 is 0.778 bits per heavy atom. The van der Waals surface area contributed by atoms with Crippen molar-refractivity contribution in [2.75, 3.05) is 0 Å². The lowest BCUT2D eigenvalue weighted by Crippen LogP contribution is -2.20. The van der Waals surface area contributed by atoms with Gasteiger partial charge in [0.15, 0.2) is 0 Å². The molecule has 2 unspecified atom stereocenters. The molecule has 0 radical (unpaired) electrons. The minimum absolute atomic E-state index is 0.270. The van der Waals surface area contributed by atoms with Crippen molar-refractivity contribution in [1.29, 1.82) is 0 Å². The molecule has 0 aliphatic heterocycles. The SMILES string of the molecule is CCC(CCC(C)OOC(=O)c1ccccc1)OOC(=O)c1ccccc1. The van der Waals surface area contributed by atoms with Gasteiger partial charge in [-0.1, -0.05) is 43.3 Å². The second-order valence-corrected chi connectivity index (χ2v) is 6.08. The normalized spacial score (nSPS) is 12.8. The molecule has 0 aliphatic carbocycles. The first kappa shape index (κ1) is 20.6. The largest absolute Gasteiger partial charge is 0.373 e. The van der Waals surface area contributed by atoms with Gasteiger partial charge in [-0.3, -0.25) is 9.78 Å². The molecule has 144 valence electrons. The van der Waals surface area contributed by atoms with Crippen molar-refractivity contribution in [1.82, 2.24) is 0 Å². The van der Waals surface area contributed by atoms with E-state index in [0.717, 1.165) is 0 Å². The van der Waals surface area contributed by atoms with Crippen LogP contribution in [0.2, 0.25) is 0 Å². The van der Waals surface area contributed by atoms with Gasteiger partial charge in [0.05, 0.1) is 11.1 Å². The van der Waals surface area contributed by atoms with Crippen LogP contribution in [0.1, 0.15) is 53.8 Å². The standard InChI is InChI=1S/C21H24O6/c1-3-19(25-27-21(23)18-12-8-5-9-13-18)15-14-16(2)24-26-20(22)17-10-6-4-7-11-17/h4-13,16,19H,3,14-15H2,1-2H3. The zero-order valence-corrected chi connectivity index (χ0v) is 15.5. The highest BCUT2D eigenvalue weighted by atomic mass is 17.2. The quantitative estimate of drug-likeness (QED) is 0.451. The third-order valence-electron chi connectivity index (χ3n) is 3.92. The molecule has 2 rings (SSSR count). The van der Waals surface area contributed by atoms with E-state index in [0.29, 0.717) is 30.4 Å². The molecule has 2 aromatic carbocycles. The van der Waals surface area contributed by atoms with E-state index in [4.69, 9.17) is 19.6 Å². The topological polar surface area (TPSA) is 71.1 Å². The molecule has 0 heterocycles. The van der Waals surface area contributed by atoms with Crippen LogP contribution in [0.5, 0.6) is 0 Å². The predicted molar refractivity (Wildman–Crippen MR) is 98.7 cm³/mol. The molecule has 6 nitrogen and oxygen atoms in total. The summed E-state index contributed by atoms with van der Waals surface area (Å²) in [6.45, 7) is 3.73. The first-order valence-corrected chi connectivity index (χ1v) is 8.95. The van der Waals surface area contributed by atoms with Crippen LogP contribution in [0.4, 0.5) is 0 Å². The van der Waals surface area contributed by atoms with E-state index in [1.807, 2.05) is 19.1 Å². The second kappa shape index (κ2) is 11.1. The van der Waals surface area contributed by atoms with Gasteiger partial charge in [-0.2, -0.15) is 9.78 Å². The van der Waals surface area contributed by atoms with E-state index in [1.54, 1.807) is 55.5 Å². The Morgan fingerprint density at radius 2 is 1.26 bits per heavy atom. The van der Waals surface area contributed by atoms with Crippen molar-refractivity contribution < 1.29 is 29.1 Å². The number of rotatable bonds is 10. The molecule has 27 heavy (non-hydrogen) atoms. The van der Waals surface area contributed by atoms with Gasteiger partial charge >= 0.3 is 11.9 Å². The molecular formula is C21H24O6. The van der Waals surface area contributed by atoms with Crippen LogP contribution in [0.15, 0.2) is 60.7 Å². The molecule has 0 aliphatic rings. The summed E-state index contributed by atoms with van der Waals surface area (Å²) in [4.78, 5) is 43.8. The minimum Gasteiger partial charge on any atom is -0.293 e. The summed E-state index contributed by atoms with van der Waals surface area (Å²) in [6.07, 6.45) is 1.23. The molecule has 6 heteroatoms. The molecule has 0 spiro atoms. The Balaban J connectivity index is 1.68. The molecule has 2 aromatic rings. The maximum atomic E-state index is 11.9. The van der Waals surface area contributed by atoms with Gasteiger partial charge in [-0.15, -0.1) is 0 Å². The summed E-state index contributed by atoms with van der Waals surface area (Å²) in [5.74, 6) is -1.07.